The van der Waals surface area contributed by atoms with Gasteiger partial charge in [0.05, 0.1) is 12.7 Å². The molecule has 2 aliphatic rings. The molecule has 0 amide bonds. The van der Waals surface area contributed by atoms with Crippen LogP contribution < -0.4 is 15.4 Å². The number of nitrogens with one attached hydrogen (secondary N) is 2. The van der Waals surface area contributed by atoms with Crippen LogP contribution in [0.25, 0.3) is 0 Å². The van der Waals surface area contributed by atoms with E-state index in [0.717, 1.165) is 63.0 Å². The molecule has 2 unspecified atom stereocenters. The van der Waals surface area contributed by atoms with Crippen LogP contribution >= 0.6 is 0 Å². The van der Waals surface area contributed by atoms with Gasteiger partial charge < -0.3 is 25.0 Å². The van der Waals surface area contributed by atoms with E-state index in [2.05, 4.69) is 46.3 Å². The predicted octanol–water partition coefficient (Wildman–Crippen LogP) is 3.06. The van der Waals surface area contributed by atoms with E-state index in [1.807, 2.05) is 25.4 Å². The molecule has 0 aromatic carbocycles. The maximum absolute atomic E-state index is 5.98. The third-order valence-electron chi connectivity index (χ3n) is 6.08. The highest BCUT2D eigenvalue weighted by Crippen LogP contribution is 2.18. The van der Waals surface area contributed by atoms with Crippen LogP contribution in [0.15, 0.2) is 23.3 Å². The largest absolute Gasteiger partial charge is 0.475 e. The van der Waals surface area contributed by atoms with Gasteiger partial charge in [-0.05, 0) is 56.1 Å². The average Bonchev–Trinajstić information content (AvgIpc) is 3.25. The van der Waals surface area contributed by atoms with Crippen LogP contribution in [0.1, 0.15) is 52.0 Å². The fourth-order valence-electron chi connectivity index (χ4n) is 4.47. The molecular formula is C24H41N5O2. The number of rotatable bonds is 9. The van der Waals surface area contributed by atoms with E-state index in [1.165, 1.54) is 13.0 Å². The standard InChI is InChI=1S/C24H41N5O2/c1-18(2)13-19(3)31-23-14-20(5-9-26-23)15-27-24(25-4)28-22-6-10-29(11-7-22)16-21-8-12-30-17-21/h5,9,14,18-19,21-22H,6-8,10-13,15-17H2,1-4H3,(H2,25,27,28). The summed E-state index contributed by atoms with van der Waals surface area (Å²) in [5, 5.41) is 7.04. The molecule has 2 fully saturated rings. The Hall–Kier alpha value is -1.86. The molecule has 3 rings (SSSR count). The summed E-state index contributed by atoms with van der Waals surface area (Å²) >= 11 is 0. The predicted molar refractivity (Wildman–Crippen MR) is 126 cm³/mol. The lowest BCUT2D eigenvalue weighted by Gasteiger charge is -2.34. The summed E-state index contributed by atoms with van der Waals surface area (Å²) in [5.41, 5.74) is 1.14. The van der Waals surface area contributed by atoms with Crippen LogP contribution in [-0.2, 0) is 11.3 Å². The molecule has 0 saturated carbocycles. The molecule has 1 aromatic rings. The number of hydrogen-bond acceptors (Lipinski definition) is 5. The Kier molecular flexibility index (Phi) is 9.40. The second-order valence-corrected chi connectivity index (χ2v) is 9.43. The number of aromatic nitrogens is 1. The van der Waals surface area contributed by atoms with E-state index in [1.54, 1.807) is 0 Å². The summed E-state index contributed by atoms with van der Waals surface area (Å²) in [7, 11) is 1.83. The molecule has 0 bridgehead atoms. The van der Waals surface area contributed by atoms with Gasteiger partial charge in [0.1, 0.15) is 0 Å². The third-order valence-corrected chi connectivity index (χ3v) is 6.08. The van der Waals surface area contributed by atoms with Gasteiger partial charge in [0.25, 0.3) is 0 Å². The molecule has 2 N–H and O–H groups in total. The zero-order valence-electron chi connectivity index (χ0n) is 19.8. The van der Waals surface area contributed by atoms with Gasteiger partial charge in [-0.15, -0.1) is 0 Å². The van der Waals surface area contributed by atoms with Crippen LogP contribution in [0, 0.1) is 11.8 Å². The van der Waals surface area contributed by atoms with E-state index in [9.17, 15) is 0 Å². The first-order chi connectivity index (χ1) is 15.0. The van der Waals surface area contributed by atoms with E-state index in [4.69, 9.17) is 9.47 Å². The minimum Gasteiger partial charge on any atom is -0.475 e. The smallest absolute Gasteiger partial charge is 0.213 e. The van der Waals surface area contributed by atoms with Crippen molar-refractivity contribution in [3.63, 3.8) is 0 Å². The van der Waals surface area contributed by atoms with Crippen LogP contribution in [0.3, 0.4) is 0 Å². The highest BCUT2D eigenvalue weighted by Gasteiger charge is 2.24. The molecule has 1 aromatic heterocycles. The van der Waals surface area contributed by atoms with Crippen molar-refractivity contribution in [1.29, 1.82) is 0 Å². The molecule has 7 heteroatoms. The Bertz CT molecular complexity index is 682. The molecule has 2 aliphatic heterocycles. The van der Waals surface area contributed by atoms with Gasteiger partial charge in [-0.3, -0.25) is 4.99 Å². The molecule has 0 radical (unpaired) electrons. The molecule has 3 heterocycles. The monoisotopic (exact) mass is 431 g/mol. The van der Waals surface area contributed by atoms with Gasteiger partial charge >= 0.3 is 0 Å². The molecule has 31 heavy (non-hydrogen) atoms. The van der Waals surface area contributed by atoms with Crippen molar-refractivity contribution in [1.82, 2.24) is 20.5 Å². The number of ether oxygens (including phenoxy) is 2. The van der Waals surface area contributed by atoms with Crippen LogP contribution in [0.4, 0.5) is 0 Å². The minimum atomic E-state index is 0.164. The van der Waals surface area contributed by atoms with Gasteiger partial charge in [-0.2, -0.15) is 0 Å². The maximum Gasteiger partial charge on any atom is 0.213 e. The van der Waals surface area contributed by atoms with E-state index < -0.39 is 0 Å². The molecule has 174 valence electrons. The minimum absolute atomic E-state index is 0.164. The summed E-state index contributed by atoms with van der Waals surface area (Å²) in [6.07, 6.45) is 6.51. The fourth-order valence-corrected chi connectivity index (χ4v) is 4.47. The Morgan fingerprint density at radius 3 is 2.77 bits per heavy atom. The first-order valence-electron chi connectivity index (χ1n) is 11.9. The van der Waals surface area contributed by atoms with E-state index >= 15 is 0 Å². The summed E-state index contributed by atoms with van der Waals surface area (Å²) < 4.78 is 11.5. The topological polar surface area (TPSA) is 71.0 Å². The lowest BCUT2D eigenvalue weighted by atomic mass is 10.0. The Labute approximate surface area is 188 Å². The van der Waals surface area contributed by atoms with Gasteiger partial charge in [0, 0.05) is 58.1 Å². The zero-order valence-corrected chi connectivity index (χ0v) is 19.8. The normalized spacial score (nSPS) is 22.0. The fraction of sp³-hybridized carbons (Fsp3) is 0.750. The Balaban J connectivity index is 1.40. The molecular weight excluding hydrogens is 390 g/mol. The van der Waals surface area contributed by atoms with Crippen LogP contribution in [0.2, 0.25) is 0 Å². The molecule has 2 saturated heterocycles. The Morgan fingerprint density at radius 2 is 2.10 bits per heavy atom. The number of pyridine rings is 1. The maximum atomic E-state index is 5.98. The quantitative estimate of drug-likeness (QED) is 0.463. The molecule has 2 atom stereocenters. The second kappa shape index (κ2) is 12.2. The second-order valence-electron chi connectivity index (χ2n) is 9.43. The third kappa shape index (κ3) is 8.30. The highest BCUT2D eigenvalue weighted by atomic mass is 16.5. The van der Waals surface area contributed by atoms with Crippen molar-refractivity contribution < 1.29 is 9.47 Å². The number of guanidine groups is 1. The summed E-state index contributed by atoms with van der Waals surface area (Å²) in [6.45, 7) is 12.6. The Morgan fingerprint density at radius 1 is 1.29 bits per heavy atom. The number of likely N-dealkylation sites (tertiary alicyclic amines) is 1. The molecule has 0 spiro atoms. The van der Waals surface area contributed by atoms with Crippen molar-refractivity contribution >= 4 is 5.96 Å². The summed E-state index contributed by atoms with van der Waals surface area (Å²) in [5.74, 6) is 2.88. The van der Waals surface area contributed by atoms with Crippen molar-refractivity contribution in [2.75, 3.05) is 39.9 Å². The zero-order chi connectivity index (χ0) is 22.1. The van der Waals surface area contributed by atoms with Gasteiger partial charge in [-0.1, -0.05) is 13.8 Å². The van der Waals surface area contributed by atoms with Gasteiger partial charge in [-0.25, -0.2) is 4.98 Å². The van der Waals surface area contributed by atoms with Crippen molar-refractivity contribution in [3.8, 4) is 5.88 Å². The lowest BCUT2D eigenvalue weighted by molar-refractivity contribution is 0.150. The first-order valence-corrected chi connectivity index (χ1v) is 11.9. The summed E-state index contributed by atoms with van der Waals surface area (Å²) in [4.78, 5) is 11.4. The summed E-state index contributed by atoms with van der Waals surface area (Å²) in [6, 6.07) is 4.50. The van der Waals surface area contributed by atoms with Gasteiger partial charge in [0.15, 0.2) is 5.96 Å². The van der Waals surface area contributed by atoms with Crippen molar-refractivity contribution in [2.45, 2.75) is 65.1 Å². The average molecular weight is 432 g/mol. The van der Waals surface area contributed by atoms with E-state index in [0.29, 0.717) is 24.4 Å². The van der Waals surface area contributed by atoms with Crippen molar-refractivity contribution in [3.05, 3.63) is 23.9 Å². The number of piperidine rings is 1. The SMILES string of the molecule is CN=C(NCc1ccnc(OC(C)CC(C)C)c1)NC1CCN(CC2CCOC2)CC1. The molecule has 0 aliphatic carbocycles. The number of aliphatic imine (C=N–C) groups is 1. The van der Waals surface area contributed by atoms with E-state index in [-0.39, 0.29) is 6.10 Å². The molecule has 7 nitrogen and oxygen atoms in total. The number of nitrogens with zero attached hydrogens (tertiary/aromatic N) is 3. The van der Waals surface area contributed by atoms with Crippen molar-refractivity contribution in [2.24, 2.45) is 16.8 Å². The van der Waals surface area contributed by atoms with Gasteiger partial charge in [0.2, 0.25) is 5.88 Å². The van der Waals surface area contributed by atoms with Crippen LogP contribution in [0.5, 0.6) is 5.88 Å². The highest BCUT2D eigenvalue weighted by molar-refractivity contribution is 5.79. The lowest BCUT2D eigenvalue weighted by Crippen LogP contribution is -2.49. The first kappa shape index (κ1) is 23.8. The number of hydrogen-bond donors (Lipinski definition) is 2. The van der Waals surface area contributed by atoms with Crippen LogP contribution in [-0.4, -0.2) is 67.9 Å².